The minimum atomic E-state index is -0.900. The van der Waals surface area contributed by atoms with Gasteiger partial charge in [0.15, 0.2) is 0 Å². The zero-order chi connectivity index (χ0) is 25.4. The maximum atomic E-state index is 13.3. The summed E-state index contributed by atoms with van der Waals surface area (Å²) in [6, 6.07) is 0. The minimum absolute atomic E-state index is 0.00407. The van der Waals surface area contributed by atoms with Gasteiger partial charge < -0.3 is 20.1 Å². The molecule has 0 aromatic heterocycles. The molecule has 7 rings (SSSR count). The van der Waals surface area contributed by atoms with Crippen LogP contribution in [-0.2, 0) is 9.53 Å². The molecule has 2 bridgehead atoms. The molecule has 2 aliphatic heterocycles. The number of aliphatic hydroxyl groups is 3. The third-order valence-electron chi connectivity index (χ3n) is 13.3. The summed E-state index contributed by atoms with van der Waals surface area (Å²) < 4.78 is 5.99. The minimum Gasteiger partial charge on any atom is -0.454 e. The van der Waals surface area contributed by atoms with Crippen molar-refractivity contribution in [2.75, 3.05) is 6.61 Å². The van der Waals surface area contributed by atoms with Crippen LogP contribution >= 0.6 is 0 Å². The van der Waals surface area contributed by atoms with Crippen LogP contribution in [0.4, 0.5) is 0 Å². The van der Waals surface area contributed by atoms with Gasteiger partial charge in [-0.2, -0.15) is 0 Å². The van der Waals surface area contributed by atoms with E-state index < -0.39 is 28.6 Å². The molecule has 2 heterocycles. The van der Waals surface area contributed by atoms with E-state index in [0.29, 0.717) is 12.3 Å². The molecule has 0 unspecified atom stereocenters. The first-order valence-electron chi connectivity index (χ1n) is 13.8. The lowest BCUT2D eigenvalue weighted by atomic mass is 9.33. The Bertz CT molecular complexity index is 1030. The van der Waals surface area contributed by atoms with Crippen LogP contribution < -0.4 is 0 Å². The quantitative estimate of drug-likeness (QED) is 0.376. The Kier molecular flexibility index (Phi) is 4.71. The molecule has 6 fully saturated rings. The van der Waals surface area contributed by atoms with Gasteiger partial charge in [0.2, 0.25) is 0 Å². The van der Waals surface area contributed by atoms with Crippen molar-refractivity contribution >= 4 is 5.97 Å². The lowest BCUT2D eigenvalue weighted by Crippen LogP contribution is -2.69. The maximum absolute atomic E-state index is 13.3. The number of carbonyl (C=O) groups is 1. The van der Waals surface area contributed by atoms with Crippen molar-refractivity contribution in [3.63, 3.8) is 0 Å². The highest BCUT2D eigenvalue weighted by Crippen LogP contribution is 2.76. The van der Waals surface area contributed by atoms with E-state index in [1.54, 1.807) is 0 Å². The number of rotatable bonds is 1. The second-order valence-electron chi connectivity index (χ2n) is 14.4. The van der Waals surface area contributed by atoms with Gasteiger partial charge in [-0.15, -0.1) is 0 Å². The monoisotopic (exact) mass is 484 g/mol. The van der Waals surface area contributed by atoms with Crippen LogP contribution in [0.1, 0.15) is 86.0 Å². The summed E-state index contributed by atoms with van der Waals surface area (Å²) in [6.45, 7) is 15.7. The van der Waals surface area contributed by atoms with E-state index in [1.807, 2.05) is 13.8 Å². The normalized spacial score (nSPS) is 59.0. The SMILES string of the molecule is C=C1[C@H]2C3=CC[C@@H]4[C@@]5(C)C[C@@H](O)[C@@H](O)[C@@](C)(CO)[C@@H]5CC[C@@]4(C)[C@]3(C)CC[C@@]23CC[C@]1(C)OC3=O. The van der Waals surface area contributed by atoms with Crippen LogP contribution in [-0.4, -0.2) is 45.7 Å². The van der Waals surface area contributed by atoms with Crippen molar-refractivity contribution in [2.45, 2.75) is 104 Å². The van der Waals surface area contributed by atoms with Crippen LogP contribution in [0.5, 0.6) is 0 Å². The fourth-order valence-corrected chi connectivity index (χ4v) is 10.9. The number of hydrogen-bond acceptors (Lipinski definition) is 5. The van der Waals surface area contributed by atoms with E-state index in [4.69, 9.17) is 4.74 Å². The van der Waals surface area contributed by atoms with Gasteiger partial charge in [0.1, 0.15) is 5.60 Å². The molecule has 5 nitrogen and oxygen atoms in total. The summed E-state index contributed by atoms with van der Waals surface area (Å²) in [5.74, 6) is 0.532. The zero-order valence-corrected chi connectivity index (χ0v) is 22.2. The van der Waals surface area contributed by atoms with E-state index >= 15 is 0 Å². The van der Waals surface area contributed by atoms with E-state index in [9.17, 15) is 20.1 Å². The Labute approximate surface area is 210 Å². The van der Waals surface area contributed by atoms with Gasteiger partial charge in [0.05, 0.1) is 24.2 Å². The highest BCUT2D eigenvalue weighted by Gasteiger charge is 2.72. The molecule has 3 N–H and O–H groups in total. The van der Waals surface area contributed by atoms with Gasteiger partial charge in [-0.3, -0.25) is 4.79 Å². The Morgan fingerprint density at radius 3 is 2.37 bits per heavy atom. The van der Waals surface area contributed by atoms with Crippen LogP contribution in [0, 0.1) is 44.8 Å². The second-order valence-corrected chi connectivity index (χ2v) is 14.4. The van der Waals surface area contributed by atoms with E-state index in [1.165, 1.54) is 5.57 Å². The summed E-state index contributed by atoms with van der Waals surface area (Å²) >= 11 is 0. The zero-order valence-electron chi connectivity index (χ0n) is 22.2. The summed E-state index contributed by atoms with van der Waals surface area (Å²) in [6.07, 6.45) is 7.72. The molecule has 5 aliphatic carbocycles. The van der Waals surface area contributed by atoms with E-state index in [2.05, 4.69) is 33.4 Å². The molecule has 7 aliphatic rings. The van der Waals surface area contributed by atoms with Crippen molar-refractivity contribution in [2.24, 2.45) is 44.8 Å². The molecule has 4 saturated carbocycles. The first kappa shape index (κ1) is 24.2. The summed E-state index contributed by atoms with van der Waals surface area (Å²) in [5.41, 5.74) is 0.547. The number of aliphatic hydroxyl groups excluding tert-OH is 3. The van der Waals surface area contributed by atoms with Gasteiger partial charge in [-0.05, 0) is 91.9 Å². The smallest absolute Gasteiger partial charge is 0.313 e. The molecule has 2 saturated heterocycles. The van der Waals surface area contributed by atoms with Crippen molar-refractivity contribution in [3.8, 4) is 0 Å². The molecule has 35 heavy (non-hydrogen) atoms. The molecular formula is C30H44O5. The number of allylic oxidation sites excluding steroid dienone is 2. The fraction of sp³-hybridized carbons (Fsp3) is 0.833. The van der Waals surface area contributed by atoms with E-state index in [-0.39, 0.29) is 40.7 Å². The number of hydrogen-bond donors (Lipinski definition) is 3. The molecule has 1 spiro atoms. The highest BCUT2D eigenvalue weighted by atomic mass is 16.6. The van der Waals surface area contributed by atoms with Crippen LogP contribution in [0.25, 0.3) is 0 Å². The highest BCUT2D eigenvalue weighted by molar-refractivity contribution is 5.83. The van der Waals surface area contributed by atoms with Gasteiger partial charge in [-0.1, -0.05) is 45.9 Å². The molecule has 0 radical (unpaired) electrons. The summed E-state index contributed by atoms with van der Waals surface area (Å²) in [4.78, 5) is 13.3. The van der Waals surface area contributed by atoms with Crippen molar-refractivity contribution in [1.29, 1.82) is 0 Å². The average molecular weight is 485 g/mol. The van der Waals surface area contributed by atoms with Gasteiger partial charge in [-0.25, -0.2) is 0 Å². The average Bonchev–Trinajstić information content (AvgIpc) is 2.79. The Hall–Kier alpha value is -1.17. The summed E-state index contributed by atoms with van der Waals surface area (Å²) in [5, 5.41) is 32.4. The fourth-order valence-electron chi connectivity index (χ4n) is 10.9. The topological polar surface area (TPSA) is 87.0 Å². The Morgan fingerprint density at radius 1 is 1.03 bits per heavy atom. The Morgan fingerprint density at radius 2 is 1.71 bits per heavy atom. The first-order chi connectivity index (χ1) is 16.2. The standard InChI is InChI=1S/C30H44O5/c1-17-22-18-7-8-21-25(2)15-19(32)23(33)26(3,16-31)20(25)9-10-28(21,5)27(18,4)11-13-30(22)14-12-29(17,6)35-24(30)34/h7,19-23,31-33H,1,8-16H2,2-6H3/t19-,20-,21-,22+,23-,25+,26+,27-,28-,29+,30-/m1/s1. The second kappa shape index (κ2) is 6.82. The lowest BCUT2D eigenvalue weighted by Gasteiger charge is -2.72. The molecule has 0 amide bonds. The van der Waals surface area contributed by atoms with Crippen LogP contribution in [0.15, 0.2) is 23.8 Å². The summed E-state index contributed by atoms with van der Waals surface area (Å²) in [7, 11) is 0. The van der Waals surface area contributed by atoms with Gasteiger partial charge in [0.25, 0.3) is 0 Å². The Balaban J connectivity index is 1.47. The number of esters is 1. The number of carbonyl (C=O) groups excluding carboxylic acids is 1. The molecule has 5 heteroatoms. The van der Waals surface area contributed by atoms with Gasteiger partial charge >= 0.3 is 5.97 Å². The van der Waals surface area contributed by atoms with E-state index in [0.717, 1.165) is 50.5 Å². The lowest BCUT2D eigenvalue weighted by molar-refractivity contribution is -0.245. The molecule has 194 valence electrons. The van der Waals surface area contributed by atoms with Crippen molar-refractivity contribution < 1.29 is 24.9 Å². The predicted molar refractivity (Wildman–Crippen MR) is 133 cm³/mol. The van der Waals surface area contributed by atoms with Gasteiger partial charge in [0, 0.05) is 11.3 Å². The maximum Gasteiger partial charge on any atom is 0.313 e. The largest absolute Gasteiger partial charge is 0.454 e. The van der Waals surface area contributed by atoms with Crippen molar-refractivity contribution in [1.82, 2.24) is 0 Å². The first-order valence-corrected chi connectivity index (χ1v) is 13.8. The third kappa shape index (κ3) is 2.50. The predicted octanol–water partition coefficient (Wildman–Crippen LogP) is 4.55. The third-order valence-corrected chi connectivity index (χ3v) is 13.3. The number of fused-ring (bicyclic) bond motifs is 7. The molecule has 11 atom stereocenters. The molecular weight excluding hydrogens is 440 g/mol. The van der Waals surface area contributed by atoms with Crippen LogP contribution in [0.2, 0.25) is 0 Å². The molecule has 0 aromatic carbocycles. The van der Waals surface area contributed by atoms with Crippen LogP contribution in [0.3, 0.4) is 0 Å². The number of ether oxygens (including phenoxy) is 1. The van der Waals surface area contributed by atoms with Crippen molar-refractivity contribution in [3.05, 3.63) is 23.8 Å². The molecule has 0 aromatic rings.